The second-order valence-electron chi connectivity index (χ2n) is 7.02. The summed E-state index contributed by atoms with van der Waals surface area (Å²) in [6.45, 7) is 0.173. The summed E-state index contributed by atoms with van der Waals surface area (Å²) in [5, 5.41) is 2.66. The Balaban J connectivity index is 1.39. The van der Waals surface area contributed by atoms with Crippen LogP contribution in [0.25, 0.3) is 0 Å². The molecule has 1 aromatic heterocycles. The maximum Gasteiger partial charge on any atom is 0.433 e. The van der Waals surface area contributed by atoms with Gasteiger partial charge in [-0.15, -0.1) is 0 Å². The van der Waals surface area contributed by atoms with Crippen molar-refractivity contribution in [2.45, 2.75) is 44.4 Å². The van der Waals surface area contributed by atoms with Gasteiger partial charge in [0.05, 0.1) is 0 Å². The Kier molecular flexibility index (Phi) is 5.29. The van der Waals surface area contributed by atoms with Crippen LogP contribution in [0.5, 0.6) is 11.5 Å². The fourth-order valence-corrected chi connectivity index (χ4v) is 3.55. The fraction of sp³-hybridized carbons (Fsp3) is 0.450. The first-order valence-electron chi connectivity index (χ1n) is 9.54. The van der Waals surface area contributed by atoms with Crippen molar-refractivity contribution in [2.75, 3.05) is 13.2 Å². The van der Waals surface area contributed by atoms with E-state index in [-0.39, 0.29) is 31.0 Å². The average molecular weight is 407 g/mol. The molecule has 4 rings (SSSR count). The number of ether oxygens (including phenoxy) is 2. The standard InChI is InChI=1S/C20H20F3N3O3/c21-20(22,23)18-12-5-1-2-6-13(12)25-17(26-18)9-10-24-19(27)16-11-28-14-7-3-4-8-15(14)29-16/h3-4,7-8,16H,1-2,5-6,9-11H2,(H,24,27)/t16-/m0/s1. The highest BCUT2D eigenvalue weighted by molar-refractivity contribution is 5.81. The molecule has 1 amide bonds. The van der Waals surface area contributed by atoms with Crippen molar-refractivity contribution >= 4 is 5.91 Å². The van der Waals surface area contributed by atoms with Crippen LogP contribution < -0.4 is 14.8 Å². The molecule has 1 aromatic carbocycles. The number of alkyl halides is 3. The molecule has 6 nitrogen and oxygen atoms in total. The molecule has 1 atom stereocenters. The zero-order valence-electron chi connectivity index (χ0n) is 15.6. The molecule has 0 spiro atoms. The maximum absolute atomic E-state index is 13.4. The molecule has 2 aromatic rings. The summed E-state index contributed by atoms with van der Waals surface area (Å²) in [5.41, 5.74) is -0.160. The summed E-state index contributed by atoms with van der Waals surface area (Å²) in [6.07, 6.45) is -2.83. The monoisotopic (exact) mass is 407 g/mol. The molecule has 0 radical (unpaired) electrons. The Labute approximate surface area is 165 Å². The molecule has 1 N–H and O–H groups in total. The van der Waals surface area contributed by atoms with E-state index in [4.69, 9.17) is 9.47 Å². The van der Waals surface area contributed by atoms with Gasteiger partial charge in [-0.1, -0.05) is 12.1 Å². The number of amides is 1. The number of nitrogens with zero attached hydrogens (tertiary/aromatic N) is 2. The lowest BCUT2D eigenvalue weighted by molar-refractivity contribution is -0.142. The molecular weight excluding hydrogens is 387 g/mol. The van der Waals surface area contributed by atoms with Crippen LogP contribution in [0.15, 0.2) is 24.3 Å². The number of aromatic nitrogens is 2. The molecular formula is C20H20F3N3O3. The van der Waals surface area contributed by atoms with Crippen LogP contribution >= 0.6 is 0 Å². The summed E-state index contributed by atoms with van der Waals surface area (Å²) >= 11 is 0. The Morgan fingerprint density at radius 3 is 2.69 bits per heavy atom. The van der Waals surface area contributed by atoms with Crippen molar-refractivity contribution in [2.24, 2.45) is 0 Å². The van der Waals surface area contributed by atoms with Gasteiger partial charge in [0.25, 0.3) is 5.91 Å². The highest BCUT2D eigenvalue weighted by atomic mass is 19.4. The SMILES string of the molecule is O=C(NCCc1nc2c(c(C(F)(F)F)n1)CCCC2)[C@@H]1COc2ccccc2O1. The number of para-hydroxylation sites is 2. The van der Waals surface area contributed by atoms with Crippen molar-refractivity contribution in [1.82, 2.24) is 15.3 Å². The highest BCUT2D eigenvalue weighted by Crippen LogP contribution is 2.34. The maximum atomic E-state index is 13.4. The molecule has 1 aliphatic heterocycles. The summed E-state index contributed by atoms with van der Waals surface area (Å²) in [5.74, 6) is 0.739. The minimum absolute atomic E-state index is 0.0659. The zero-order chi connectivity index (χ0) is 20.4. The predicted molar refractivity (Wildman–Crippen MR) is 96.7 cm³/mol. The second kappa shape index (κ2) is 7.88. The summed E-state index contributed by atoms with van der Waals surface area (Å²) in [7, 11) is 0. The van der Waals surface area contributed by atoms with Crippen molar-refractivity contribution in [3.8, 4) is 11.5 Å². The Morgan fingerprint density at radius 2 is 1.90 bits per heavy atom. The van der Waals surface area contributed by atoms with E-state index in [2.05, 4.69) is 15.3 Å². The van der Waals surface area contributed by atoms with Crippen LogP contribution in [-0.4, -0.2) is 35.1 Å². The molecule has 29 heavy (non-hydrogen) atoms. The minimum Gasteiger partial charge on any atom is -0.485 e. The molecule has 2 aliphatic rings. The summed E-state index contributed by atoms with van der Waals surface area (Å²) in [4.78, 5) is 20.4. The number of aryl methyl sites for hydroxylation is 1. The van der Waals surface area contributed by atoms with E-state index in [1.54, 1.807) is 24.3 Å². The number of halogens is 3. The number of benzene rings is 1. The first kappa shape index (κ1) is 19.5. The molecule has 154 valence electrons. The van der Waals surface area contributed by atoms with Crippen LogP contribution in [0.4, 0.5) is 13.2 Å². The van der Waals surface area contributed by atoms with Gasteiger partial charge in [0.2, 0.25) is 6.10 Å². The van der Waals surface area contributed by atoms with E-state index in [0.717, 1.165) is 6.42 Å². The van der Waals surface area contributed by atoms with Crippen molar-refractivity contribution < 1.29 is 27.4 Å². The van der Waals surface area contributed by atoms with Gasteiger partial charge < -0.3 is 14.8 Å². The number of nitrogens with one attached hydrogen (secondary N) is 1. The topological polar surface area (TPSA) is 73.3 Å². The second-order valence-corrected chi connectivity index (χ2v) is 7.02. The largest absolute Gasteiger partial charge is 0.485 e. The van der Waals surface area contributed by atoms with Crippen LogP contribution in [-0.2, 0) is 30.2 Å². The number of carbonyl (C=O) groups is 1. The Morgan fingerprint density at radius 1 is 1.14 bits per heavy atom. The fourth-order valence-electron chi connectivity index (χ4n) is 3.55. The molecule has 2 heterocycles. The number of rotatable bonds is 4. The number of hydrogen-bond donors (Lipinski definition) is 1. The van der Waals surface area contributed by atoms with Crippen molar-refractivity contribution in [1.29, 1.82) is 0 Å². The summed E-state index contributed by atoms with van der Waals surface area (Å²) < 4.78 is 51.3. The molecule has 0 saturated heterocycles. The average Bonchev–Trinajstić information content (AvgIpc) is 2.72. The van der Waals surface area contributed by atoms with Gasteiger partial charge in [-0.05, 0) is 37.8 Å². The Hall–Kier alpha value is -2.84. The van der Waals surface area contributed by atoms with Crippen molar-refractivity contribution in [3.63, 3.8) is 0 Å². The molecule has 0 saturated carbocycles. The third-order valence-electron chi connectivity index (χ3n) is 4.95. The van der Waals surface area contributed by atoms with E-state index >= 15 is 0 Å². The first-order chi connectivity index (χ1) is 13.9. The Bertz CT molecular complexity index is 918. The van der Waals surface area contributed by atoms with E-state index in [9.17, 15) is 18.0 Å². The van der Waals surface area contributed by atoms with E-state index in [0.29, 0.717) is 36.5 Å². The third-order valence-corrected chi connectivity index (χ3v) is 4.95. The van der Waals surface area contributed by atoms with E-state index in [1.165, 1.54) is 0 Å². The first-order valence-corrected chi connectivity index (χ1v) is 9.54. The zero-order valence-corrected chi connectivity index (χ0v) is 15.6. The lowest BCUT2D eigenvalue weighted by atomic mass is 9.94. The van der Waals surface area contributed by atoms with Gasteiger partial charge in [-0.25, -0.2) is 9.97 Å². The number of hydrogen-bond acceptors (Lipinski definition) is 5. The predicted octanol–water partition coefficient (Wildman–Crippen LogP) is 2.87. The smallest absolute Gasteiger partial charge is 0.433 e. The lowest BCUT2D eigenvalue weighted by Crippen LogP contribution is -2.44. The van der Waals surface area contributed by atoms with E-state index < -0.39 is 23.9 Å². The normalized spacial score (nSPS) is 18.1. The van der Waals surface area contributed by atoms with Gasteiger partial charge in [0.1, 0.15) is 12.4 Å². The van der Waals surface area contributed by atoms with E-state index in [1.807, 2.05) is 0 Å². The molecule has 1 aliphatic carbocycles. The number of fused-ring (bicyclic) bond motifs is 2. The number of carbonyl (C=O) groups excluding carboxylic acids is 1. The quantitative estimate of drug-likeness (QED) is 0.844. The van der Waals surface area contributed by atoms with Gasteiger partial charge in [0, 0.05) is 24.2 Å². The molecule has 0 fully saturated rings. The third kappa shape index (κ3) is 4.28. The summed E-state index contributed by atoms with van der Waals surface area (Å²) in [6, 6.07) is 7.02. The van der Waals surface area contributed by atoms with Crippen LogP contribution in [0.1, 0.15) is 35.6 Å². The van der Waals surface area contributed by atoms with Crippen LogP contribution in [0.3, 0.4) is 0 Å². The lowest BCUT2D eigenvalue weighted by Gasteiger charge is -2.25. The van der Waals surface area contributed by atoms with Gasteiger partial charge in [-0.2, -0.15) is 13.2 Å². The highest BCUT2D eigenvalue weighted by Gasteiger charge is 2.37. The van der Waals surface area contributed by atoms with Gasteiger partial charge in [-0.3, -0.25) is 4.79 Å². The minimum atomic E-state index is -4.51. The molecule has 0 bridgehead atoms. The van der Waals surface area contributed by atoms with Crippen LogP contribution in [0.2, 0.25) is 0 Å². The van der Waals surface area contributed by atoms with Gasteiger partial charge >= 0.3 is 6.18 Å². The van der Waals surface area contributed by atoms with Gasteiger partial charge in [0.15, 0.2) is 17.2 Å². The molecule has 0 unspecified atom stereocenters. The molecule has 9 heteroatoms. The van der Waals surface area contributed by atoms with Crippen LogP contribution in [0, 0.1) is 0 Å². The van der Waals surface area contributed by atoms with Crippen molar-refractivity contribution in [3.05, 3.63) is 47.0 Å².